The first-order chi connectivity index (χ1) is 14.8. The average molecular weight is 476 g/mol. The fourth-order valence-electron chi connectivity index (χ4n) is 3.50. The van der Waals surface area contributed by atoms with Crippen LogP contribution in [-0.2, 0) is 26.5 Å². The van der Waals surface area contributed by atoms with Gasteiger partial charge in [0.25, 0.3) is 5.91 Å². The van der Waals surface area contributed by atoms with E-state index in [1.54, 1.807) is 13.0 Å². The van der Waals surface area contributed by atoms with Gasteiger partial charge in [0, 0.05) is 22.4 Å². The third-order valence-corrected chi connectivity index (χ3v) is 6.34. The maximum Gasteiger partial charge on any atom is 0.269 e. The van der Waals surface area contributed by atoms with Gasteiger partial charge in [-0.2, -0.15) is 5.10 Å². The number of fused-ring (bicyclic) bond motifs is 1. The third kappa shape index (κ3) is 4.75. The summed E-state index contributed by atoms with van der Waals surface area (Å²) >= 11 is 0. The Morgan fingerprint density at radius 3 is 2.34 bits per heavy atom. The number of hydrogen-bond donors (Lipinski definition) is 3. The molecule has 1 aromatic heterocycles. The molecule has 0 atom stereocenters. The molecule has 0 spiro atoms. The molecule has 0 unspecified atom stereocenters. The fourth-order valence-corrected chi connectivity index (χ4v) is 4.66. The maximum atomic E-state index is 12.1. The van der Waals surface area contributed by atoms with Gasteiger partial charge in [-0.15, -0.1) is 6.42 Å². The zero-order chi connectivity index (χ0) is 23.8. The number of benzene rings is 1. The lowest BCUT2D eigenvalue weighted by molar-refractivity contribution is 0.0994. The summed E-state index contributed by atoms with van der Waals surface area (Å²) in [6.07, 6.45) is 9.12. The van der Waals surface area contributed by atoms with Crippen LogP contribution in [0.2, 0.25) is 0 Å². The lowest BCUT2D eigenvalue weighted by atomic mass is 9.88. The number of rotatable bonds is 6. The summed E-state index contributed by atoms with van der Waals surface area (Å²) in [6.45, 7) is 1.56. The van der Waals surface area contributed by atoms with Crippen LogP contribution in [0.1, 0.15) is 35.1 Å². The van der Waals surface area contributed by atoms with Gasteiger partial charge in [0.2, 0.25) is 20.0 Å². The Morgan fingerprint density at radius 2 is 1.84 bits per heavy atom. The first-order valence-electron chi connectivity index (χ1n) is 9.23. The SMILES string of the molecule is C#CC1=C(/C=C(\C)NS(C)(=O)=O)c2c(c(C(N)=O)nn2-c2ccc(S(N)(=O)=O)cc2)CC1. The lowest BCUT2D eigenvalue weighted by Crippen LogP contribution is -2.20. The van der Waals surface area contributed by atoms with Crippen molar-refractivity contribution < 1.29 is 21.6 Å². The van der Waals surface area contributed by atoms with E-state index in [0.29, 0.717) is 46.6 Å². The van der Waals surface area contributed by atoms with Crippen LogP contribution in [-0.4, -0.2) is 38.8 Å². The highest BCUT2D eigenvalue weighted by atomic mass is 32.2. The number of carbonyl (C=O) groups is 1. The number of primary amides is 1. The summed E-state index contributed by atoms with van der Waals surface area (Å²) in [7, 11) is -7.42. The van der Waals surface area contributed by atoms with Crippen LogP contribution in [0.5, 0.6) is 0 Å². The number of hydrogen-bond acceptors (Lipinski definition) is 6. The number of nitrogens with zero attached hydrogens (tertiary/aromatic N) is 2. The number of sulfonamides is 2. The summed E-state index contributed by atoms with van der Waals surface area (Å²) in [5, 5.41) is 9.50. The summed E-state index contributed by atoms with van der Waals surface area (Å²) in [5.41, 5.74) is 8.43. The molecule has 12 heteroatoms. The van der Waals surface area contributed by atoms with Gasteiger partial charge in [-0.3, -0.25) is 9.52 Å². The molecule has 32 heavy (non-hydrogen) atoms. The van der Waals surface area contributed by atoms with Crippen LogP contribution in [0.25, 0.3) is 11.3 Å². The molecule has 0 saturated carbocycles. The highest BCUT2D eigenvalue weighted by Gasteiger charge is 2.29. The van der Waals surface area contributed by atoms with Crippen molar-refractivity contribution in [2.24, 2.45) is 10.9 Å². The van der Waals surface area contributed by atoms with Crippen LogP contribution in [0.4, 0.5) is 0 Å². The van der Waals surface area contributed by atoms with Gasteiger partial charge in [-0.1, -0.05) is 5.92 Å². The molecule has 1 heterocycles. The largest absolute Gasteiger partial charge is 0.364 e. The van der Waals surface area contributed by atoms with Gasteiger partial charge in [-0.05, 0) is 50.1 Å². The molecule has 0 bridgehead atoms. The first kappa shape index (κ1) is 23.3. The predicted octanol–water partition coefficient (Wildman–Crippen LogP) is 0.405. The highest BCUT2D eigenvalue weighted by molar-refractivity contribution is 7.89. The summed E-state index contributed by atoms with van der Waals surface area (Å²) < 4.78 is 50.2. The zero-order valence-electron chi connectivity index (χ0n) is 17.3. The second kappa shape index (κ2) is 8.27. The Morgan fingerprint density at radius 1 is 1.22 bits per heavy atom. The average Bonchev–Trinajstić information content (AvgIpc) is 3.06. The van der Waals surface area contributed by atoms with Crippen molar-refractivity contribution in [3.63, 3.8) is 0 Å². The molecular formula is C20H21N5O5S2. The molecule has 3 rings (SSSR count). The Labute approximate surface area is 186 Å². The Bertz CT molecular complexity index is 1420. The number of allylic oxidation sites excluding steroid dienone is 4. The quantitative estimate of drug-likeness (QED) is 0.511. The molecule has 1 amide bonds. The van der Waals surface area contributed by atoms with Crippen molar-refractivity contribution in [3.8, 4) is 18.0 Å². The van der Waals surface area contributed by atoms with Crippen LogP contribution in [0, 0.1) is 12.3 Å². The Kier molecular flexibility index (Phi) is 6.01. The first-order valence-corrected chi connectivity index (χ1v) is 12.7. The molecule has 1 aromatic carbocycles. The van der Waals surface area contributed by atoms with Crippen molar-refractivity contribution >= 4 is 31.5 Å². The monoisotopic (exact) mass is 475 g/mol. The number of primary sulfonamides is 1. The van der Waals surface area contributed by atoms with E-state index in [2.05, 4.69) is 15.7 Å². The number of terminal acetylenes is 1. The molecular weight excluding hydrogens is 454 g/mol. The number of nitrogens with one attached hydrogen (secondary N) is 1. The molecule has 10 nitrogen and oxygen atoms in total. The minimum absolute atomic E-state index is 0.0474. The van der Waals surface area contributed by atoms with E-state index in [-0.39, 0.29) is 10.6 Å². The molecule has 1 aliphatic rings. The summed E-state index contributed by atoms with van der Waals surface area (Å²) in [6, 6.07) is 5.57. The van der Waals surface area contributed by atoms with Crippen LogP contribution >= 0.6 is 0 Å². The van der Waals surface area contributed by atoms with Gasteiger partial charge >= 0.3 is 0 Å². The number of nitrogens with two attached hydrogens (primary N) is 2. The maximum absolute atomic E-state index is 12.1. The van der Waals surface area contributed by atoms with Crippen molar-refractivity contribution in [3.05, 3.63) is 58.6 Å². The highest BCUT2D eigenvalue weighted by Crippen LogP contribution is 2.36. The summed E-state index contributed by atoms with van der Waals surface area (Å²) in [4.78, 5) is 12.0. The van der Waals surface area contributed by atoms with Crippen LogP contribution in [0.15, 0.2) is 46.5 Å². The van der Waals surface area contributed by atoms with E-state index in [4.69, 9.17) is 17.3 Å². The van der Waals surface area contributed by atoms with E-state index in [0.717, 1.165) is 6.26 Å². The minimum Gasteiger partial charge on any atom is -0.364 e. The van der Waals surface area contributed by atoms with Gasteiger partial charge in [-0.25, -0.2) is 26.7 Å². The molecule has 1 aliphatic carbocycles. The number of aromatic nitrogens is 2. The van der Waals surface area contributed by atoms with E-state index in [1.807, 2.05) is 0 Å². The van der Waals surface area contributed by atoms with Gasteiger partial charge < -0.3 is 5.73 Å². The van der Waals surface area contributed by atoms with E-state index in [1.165, 1.54) is 28.9 Å². The van der Waals surface area contributed by atoms with E-state index < -0.39 is 26.0 Å². The predicted molar refractivity (Wildman–Crippen MR) is 119 cm³/mol. The van der Waals surface area contributed by atoms with Crippen molar-refractivity contribution in [2.45, 2.75) is 24.7 Å². The van der Waals surface area contributed by atoms with Crippen LogP contribution < -0.4 is 15.6 Å². The molecule has 2 aromatic rings. The molecule has 5 N–H and O–H groups in total. The van der Waals surface area contributed by atoms with Crippen LogP contribution in [0.3, 0.4) is 0 Å². The van der Waals surface area contributed by atoms with Gasteiger partial charge in [0.1, 0.15) is 0 Å². The molecule has 0 saturated heterocycles. The lowest BCUT2D eigenvalue weighted by Gasteiger charge is -2.19. The molecule has 0 fully saturated rings. The fraction of sp³-hybridized carbons (Fsp3) is 0.200. The molecule has 0 aliphatic heterocycles. The minimum atomic E-state index is -3.90. The van der Waals surface area contributed by atoms with Crippen molar-refractivity contribution in [2.75, 3.05) is 6.26 Å². The second-order valence-corrected chi connectivity index (χ2v) is 10.5. The Hall–Kier alpha value is -3.40. The normalized spacial score (nSPS) is 14.6. The third-order valence-electron chi connectivity index (χ3n) is 4.71. The van der Waals surface area contributed by atoms with Gasteiger partial charge in [0.05, 0.1) is 22.5 Å². The van der Waals surface area contributed by atoms with E-state index in [9.17, 15) is 21.6 Å². The van der Waals surface area contributed by atoms with Crippen molar-refractivity contribution in [1.29, 1.82) is 0 Å². The van der Waals surface area contributed by atoms with Gasteiger partial charge in [0.15, 0.2) is 5.69 Å². The standard InChI is InChI=1S/C20H21N5O5S2/c1-4-13-5-10-16-18(20(21)26)23-25(14-6-8-15(9-7-14)32(22,29)30)19(16)17(13)11-12(2)24-31(3,27)28/h1,6-9,11,24H,5,10H2,2-3H3,(H2,21,26)(H2,22,29,30)/b12-11+. The Balaban J connectivity index is 2.28. The molecule has 168 valence electrons. The topological polar surface area (TPSA) is 167 Å². The van der Waals surface area contributed by atoms with Crippen molar-refractivity contribution in [1.82, 2.24) is 14.5 Å². The molecule has 0 radical (unpaired) electrons. The zero-order valence-corrected chi connectivity index (χ0v) is 18.9. The smallest absolute Gasteiger partial charge is 0.269 e. The summed E-state index contributed by atoms with van der Waals surface area (Å²) in [5.74, 6) is 1.88. The number of amides is 1. The van der Waals surface area contributed by atoms with E-state index >= 15 is 0 Å². The number of carbonyl (C=O) groups excluding carboxylic acids is 1. The second-order valence-electron chi connectivity index (χ2n) is 7.23.